The Kier molecular flexibility index (Phi) is 4.54. The third kappa shape index (κ3) is 3.68. The molecular weight excluding hydrogens is 266 g/mol. The van der Waals surface area contributed by atoms with Gasteiger partial charge in [-0.3, -0.25) is 4.79 Å². The first kappa shape index (κ1) is 15.5. The van der Waals surface area contributed by atoms with Crippen molar-refractivity contribution in [2.45, 2.75) is 24.8 Å². The van der Waals surface area contributed by atoms with Crippen molar-refractivity contribution in [1.29, 1.82) is 0 Å². The van der Waals surface area contributed by atoms with Crippen LogP contribution in [-0.2, 0) is 14.8 Å². The van der Waals surface area contributed by atoms with Gasteiger partial charge in [-0.05, 0) is 37.6 Å². The molecule has 106 valence electrons. The molecule has 0 aliphatic heterocycles. The smallest absolute Gasteiger partial charge is 0.241 e. The number of carbonyl (C=O) groups is 1. The molecule has 0 heterocycles. The first-order valence-corrected chi connectivity index (χ1v) is 7.23. The standard InChI is InChI=1S/C12H19N3O3S/c1-8-7-10(13)5-6-11(8)19(17,18)14-9(2)12(16)15(3)4/h5-7,9,14H,13H2,1-4H3. The Morgan fingerprint density at radius 3 is 2.42 bits per heavy atom. The molecule has 1 aromatic carbocycles. The third-order valence-corrected chi connectivity index (χ3v) is 4.33. The zero-order chi connectivity index (χ0) is 14.8. The van der Waals surface area contributed by atoms with Crippen molar-refractivity contribution in [2.24, 2.45) is 0 Å². The minimum Gasteiger partial charge on any atom is -0.399 e. The molecule has 1 amide bonds. The molecule has 1 unspecified atom stereocenters. The van der Waals surface area contributed by atoms with Gasteiger partial charge < -0.3 is 10.6 Å². The molecule has 0 saturated heterocycles. The number of hydrogen-bond acceptors (Lipinski definition) is 4. The van der Waals surface area contributed by atoms with Gasteiger partial charge >= 0.3 is 0 Å². The molecule has 0 aliphatic rings. The molecule has 0 fully saturated rings. The normalized spacial score (nSPS) is 13.1. The SMILES string of the molecule is Cc1cc(N)ccc1S(=O)(=O)NC(C)C(=O)N(C)C. The fourth-order valence-electron chi connectivity index (χ4n) is 1.71. The van der Waals surface area contributed by atoms with E-state index in [9.17, 15) is 13.2 Å². The highest BCUT2D eigenvalue weighted by molar-refractivity contribution is 7.89. The summed E-state index contributed by atoms with van der Waals surface area (Å²) in [5.41, 5.74) is 6.62. The average Bonchev–Trinajstić information content (AvgIpc) is 2.26. The highest BCUT2D eigenvalue weighted by atomic mass is 32.2. The second kappa shape index (κ2) is 5.58. The van der Waals surface area contributed by atoms with Crippen molar-refractivity contribution < 1.29 is 13.2 Å². The maximum Gasteiger partial charge on any atom is 0.241 e. The van der Waals surface area contributed by atoms with E-state index in [-0.39, 0.29) is 10.8 Å². The lowest BCUT2D eigenvalue weighted by atomic mass is 10.2. The van der Waals surface area contributed by atoms with Gasteiger partial charge in [0.2, 0.25) is 15.9 Å². The van der Waals surface area contributed by atoms with Crippen molar-refractivity contribution in [3.8, 4) is 0 Å². The zero-order valence-corrected chi connectivity index (χ0v) is 12.3. The summed E-state index contributed by atoms with van der Waals surface area (Å²) in [6.07, 6.45) is 0. The van der Waals surface area contributed by atoms with Gasteiger partial charge in [0.05, 0.1) is 10.9 Å². The van der Waals surface area contributed by atoms with E-state index in [1.165, 1.54) is 24.0 Å². The third-order valence-electron chi connectivity index (χ3n) is 2.63. The summed E-state index contributed by atoms with van der Waals surface area (Å²) in [5, 5.41) is 0. The maximum absolute atomic E-state index is 12.2. The van der Waals surface area contributed by atoms with E-state index >= 15 is 0 Å². The van der Waals surface area contributed by atoms with Crippen molar-refractivity contribution in [2.75, 3.05) is 19.8 Å². The molecule has 0 aliphatic carbocycles. The minimum absolute atomic E-state index is 0.125. The summed E-state index contributed by atoms with van der Waals surface area (Å²) in [5.74, 6) is -0.309. The van der Waals surface area contributed by atoms with Crippen LogP contribution in [0.5, 0.6) is 0 Å². The van der Waals surface area contributed by atoms with E-state index in [1.54, 1.807) is 27.1 Å². The van der Waals surface area contributed by atoms with E-state index in [0.717, 1.165) is 0 Å². The van der Waals surface area contributed by atoms with Crippen molar-refractivity contribution in [1.82, 2.24) is 9.62 Å². The van der Waals surface area contributed by atoms with Crippen LogP contribution in [0.1, 0.15) is 12.5 Å². The second-order valence-electron chi connectivity index (χ2n) is 4.60. The van der Waals surface area contributed by atoms with Crippen molar-refractivity contribution in [3.05, 3.63) is 23.8 Å². The van der Waals surface area contributed by atoms with Gasteiger partial charge in [-0.1, -0.05) is 0 Å². The zero-order valence-electron chi connectivity index (χ0n) is 11.5. The second-order valence-corrected chi connectivity index (χ2v) is 6.28. The molecule has 0 bridgehead atoms. The highest BCUT2D eigenvalue weighted by Gasteiger charge is 2.24. The van der Waals surface area contributed by atoms with Crippen molar-refractivity contribution >= 4 is 21.6 Å². The van der Waals surface area contributed by atoms with Gasteiger partial charge in [0.25, 0.3) is 0 Å². The molecule has 6 nitrogen and oxygen atoms in total. The summed E-state index contributed by atoms with van der Waals surface area (Å²) in [6, 6.07) is 3.70. The number of aryl methyl sites for hydroxylation is 1. The number of anilines is 1. The van der Waals surface area contributed by atoms with Gasteiger partial charge in [0, 0.05) is 19.8 Å². The molecule has 0 spiro atoms. The van der Waals surface area contributed by atoms with Crippen LogP contribution >= 0.6 is 0 Å². The molecule has 1 atom stereocenters. The highest BCUT2D eigenvalue weighted by Crippen LogP contribution is 2.18. The molecule has 1 rings (SSSR count). The predicted octanol–water partition coefficient (Wildman–Crippen LogP) is 0.332. The largest absolute Gasteiger partial charge is 0.399 e. The first-order chi connectivity index (χ1) is 8.65. The first-order valence-electron chi connectivity index (χ1n) is 5.75. The molecule has 7 heteroatoms. The molecular formula is C12H19N3O3S. The van der Waals surface area contributed by atoms with Crippen LogP contribution < -0.4 is 10.5 Å². The number of nitrogens with zero attached hydrogens (tertiary/aromatic N) is 1. The number of benzene rings is 1. The van der Waals surface area contributed by atoms with E-state index in [4.69, 9.17) is 5.73 Å². The number of amides is 1. The number of rotatable bonds is 4. The van der Waals surface area contributed by atoms with Gasteiger partial charge in [0.15, 0.2) is 0 Å². The summed E-state index contributed by atoms with van der Waals surface area (Å²) in [6.45, 7) is 3.16. The lowest BCUT2D eigenvalue weighted by Gasteiger charge is -2.18. The predicted molar refractivity (Wildman–Crippen MR) is 74.1 cm³/mol. The fraction of sp³-hybridized carbons (Fsp3) is 0.417. The van der Waals surface area contributed by atoms with Crippen molar-refractivity contribution in [3.63, 3.8) is 0 Å². The van der Waals surface area contributed by atoms with Crippen LogP contribution in [0.2, 0.25) is 0 Å². The fourth-order valence-corrected chi connectivity index (χ4v) is 3.13. The number of hydrogen-bond donors (Lipinski definition) is 2. The minimum atomic E-state index is -3.74. The Labute approximate surface area is 113 Å². The number of carbonyl (C=O) groups excluding carboxylic acids is 1. The Hall–Kier alpha value is -1.60. The number of likely N-dealkylation sites (N-methyl/N-ethyl adjacent to an activating group) is 1. The summed E-state index contributed by atoms with van der Waals surface area (Å²) in [7, 11) is -0.596. The molecule has 19 heavy (non-hydrogen) atoms. The van der Waals surface area contributed by atoms with Crippen LogP contribution in [-0.4, -0.2) is 39.4 Å². The van der Waals surface area contributed by atoms with Gasteiger partial charge in [-0.2, -0.15) is 4.72 Å². The maximum atomic E-state index is 12.2. The Morgan fingerprint density at radius 2 is 1.95 bits per heavy atom. The average molecular weight is 285 g/mol. The Balaban J connectivity index is 3.02. The van der Waals surface area contributed by atoms with Crippen LogP contribution in [0.15, 0.2) is 23.1 Å². The quantitative estimate of drug-likeness (QED) is 0.780. The van der Waals surface area contributed by atoms with Crippen LogP contribution in [0.4, 0.5) is 5.69 Å². The van der Waals surface area contributed by atoms with Gasteiger partial charge in [0.1, 0.15) is 0 Å². The lowest BCUT2D eigenvalue weighted by molar-refractivity contribution is -0.130. The monoisotopic (exact) mass is 285 g/mol. The summed E-state index contributed by atoms with van der Waals surface area (Å²) >= 11 is 0. The van der Waals surface area contributed by atoms with Gasteiger partial charge in [-0.25, -0.2) is 8.42 Å². The van der Waals surface area contributed by atoms with E-state index < -0.39 is 16.1 Å². The molecule has 1 aromatic rings. The van der Waals surface area contributed by atoms with Crippen LogP contribution in [0, 0.1) is 6.92 Å². The summed E-state index contributed by atoms with van der Waals surface area (Å²) in [4.78, 5) is 13.1. The number of nitrogens with two attached hydrogens (primary N) is 1. The Bertz CT molecular complexity index is 582. The molecule has 0 radical (unpaired) electrons. The van der Waals surface area contributed by atoms with E-state index in [0.29, 0.717) is 11.3 Å². The van der Waals surface area contributed by atoms with Crippen LogP contribution in [0.25, 0.3) is 0 Å². The molecule has 0 saturated carbocycles. The molecule has 3 N–H and O–H groups in total. The number of nitrogens with one attached hydrogen (secondary N) is 1. The van der Waals surface area contributed by atoms with Crippen LogP contribution in [0.3, 0.4) is 0 Å². The topological polar surface area (TPSA) is 92.5 Å². The molecule has 0 aromatic heterocycles. The van der Waals surface area contributed by atoms with E-state index in [1.807, 2.05) is 0 Å². The summed E-state index contributed by atoms with van der Waals surface area (Å²) < 4.78 is 26.7. The van der Waals surface area contributed by atoms with Gasteiger partial charge in [-0.15, -0.1) is 0 Å². The number of nitrogen functional groups attached to an aromatic ring is 1. The van der Waals surface area contributed by atoms with E-state index in [2.05, 4.69) is 4.72 Å². The Morgan fingerprint density at radius 1 is 1.37 bits per heavy atom. The lowest BCUT2D eigenvalue weighted by Crippen LogP contribution is -2.44. The number of sulfonamides is 1.